The van der Waals surface area contributed by atoms with E-state index in [2.05, 4.69) is 32.9 Å². The Labute approximate surface area is 122 Å². The summed E-state index contributed by atoms with van der Waals surface area (Å²) < 4.78 is 26.9. The van der Waals surface area contributed by atoms with E-state index in [-0.39, 0.29) is 5.03 Å². The molecule has 19 heavy (non-hydrogen) atoms. The van der Waals surface area contributed by atoms with Gasteiger partial charge in [-0.05, 0) is 54.0 Å². The number of aromatic nitrogens is 1. The fourth-order valence-corrected chi connectivity index (χ4v) is 3.70. The molecule has 7 heteroatoms. The normalized spacial score (nSPS) is 21.2. The Kier molecular flexibility index (Phi) is 4.60. The van der Waals surface area contributed by atoms with Crippen molar-refractivity contribution in [2.45, 2.75) is 11.4 Å². The molecule has 2 rings (SSSR count). The summed E-state index contributed by atoms with van der Waals surface area (Å²) in [5.74, 6) is 0.403. The molecular weight excluding hydrogens is 330 g/mol. The van der Waals surface area contributed by atoms with Crippen LogP contribution in [0, 0.1) is 5.92 Å². The Balaban J connectivity index is 2.08. The van der Waals surface area contributed by atoms with Gasteiger partial charge in [0.05, 0.1) is 0 Å². The number of hydrogen-bond acceptors (Lipinski definition) is 4. The van der Waals surface area contributed by atoms with Crippen molar-refractivity contribution in [3.63, 3.8) is 0 Å². The minimum Gasteiger partial charge on any atom is -0.306 e. The van der Waals surface area contributed by atoms with Gasteiger partial charge in [-0.3, -0.25) is 0 Å². The molecule has 1 aromatic rings. The van der Waals surface area contributed by atoms with Crippen molar-refractivity contribution < 1.29 is 8.42 Å². The summed E-state index contributed by atoms with van der Waals surface area (Å²) in [5, 5.41) is 0.101. The highest BCUT2D eigenvalue weighted by atomic mass is 79.9. The van der Waals surface area contributed by atoms with Gasteiger partial charge < -0.3 is 4.90 Å². The fourth-order valence-electron chi connectivity index (χ4n) is 2.31. The maximum Gasteiger partial charge on any atom is 0.260 e. The summed E-state index contributed by atoms with van der Waals surface area (Å²) in [4.78, 5) is 6.20. The van der Waals surface area contributed by atoms with E-state index in [9.17, 15) is 8.42 Å². The third-order valence-corrected chi connectivity index (χ3v) is 5.59. The van der Waals surface area contributed by atoms with Gasteiger partial charge in [0.15, 0.2) is 5.03 Å². The molecule has 0 radical (unpaired) electrons. The second-order valence-electron chi connectivity index (χ2n) is 5.02. The van der Waals surface area contributed by atoms with Crippen LogP contribution < -0.4 is 0 Å². The summed E-state index contributed by atoms with van der Waals surface area (Å²) in [7, 11) is 0.205. The lowest BCUT2D eigenvalue weighted by atomic mass is 10.1. The van der Waals surface area contributed by atoms with Gasteiger partial charge in [0.25, 0.3) is 10.0 Å². The van der Waals surface area contributed by atoms with Crippen LogP contribution in [0.15, 0.2) is 27.8 Å². The minimum atomic E-state index is -3.48. The van der Waals surface area contributed by atoms with Crippen molar-refractivity contribution in [3.05, 3.63) is 22.8 Å². The molecule has 0 saturated carbocycles. The second kappa shape index (κ2) is 5.87. The Morgan fingerprint density at radius 2 is 2.26 bits per heavy atom. The predicted octanol–water partition coefficient (Wildman–Crippen LogP) is 1.42. The average molecular weight is 348 g/mol. The lowest BCUT2D eigenvalue weighted by Crippen LogP contribution is -2.33. The van der Waals surface area contributed by atoms with Gasteiger partial charge in [0.1, 0.15) is 0 Å². The third kappa shape index (κ3) is 3.53. The van der Waals surface area contributed by atoms with Gasteiger partial charge in [-0.1, -0.05) is 0 Å². The van der Waals surface area contributed by atoms with E-state index in [1.165, 1.54) is 16.6 Å². The number of sulfonamides is 1. The Morgan fingerprint density at radius 1 is 1.53 bits per heavy atom. The number of halogens is 1. The summed E-state index contributed by atoms with van der Waals surface area (Å²) in [6.45, 7) is 2.53. The molecule has 1 aliphatic heterocycles. The van der Waals surface area contributed by atoms with Gasteiger partial charge in [-0.15, -0.1) is 0 Å². The van der Waals surface area contributed by atoms with Crippen LogP contribution in [0.2, 0.25) is 0 Å². The Bertz CT molecular complexity index is 532. The van der Waals surface area contributed by atoms with Crippen LogP contribution in [0.1, 0.15) is 6.42 Å². The van der Waals surface area contributed by atoms with Crippen molar-refractivity contribution in [1.29, 1.82) is 0 Å². The topological polar surface area (TPSA) is 53.5 Å². The van der Waals surface area contributed by atoms with E-state index < -0.39 is 10.0 Å². The summed E-state index contributed by atoms with van der Waals surface area (Å²) in [6.07, 6.45) is 2.55. The summed E-state index contributed by atoms with van der Waals surface area (Å²) >= 11 is 3.25. The first-order chi connectivity index (χ1) is 8.89. The van der Waals surface area contributed by atoms with E-state index in [0.717, 1.165) is 24.0 Å². The third-order valence-electron chi connectivity index (χ3n) is 3.38. The quantitative estimate of drug-likeness (QED) is 0.826. The molecule has 0 amide bonds. The minimum absolute atomic E-state index is 0.101. The number of pyridine rings is 1. The number of likely N-dealkylation sites (tertiary alicyclic amines) is 1. The molecule has 1 atom stereocenters. The zero-order valence-corrected chi connectivity index (χ0v) is 13.5. The molecule has 0 spiro atoms. The van der Waals surface area contributed by atoms with E-state index in [0.29, 0.717) is 12.5 Å². The van der Waals surface area contributed by atoms with Crippen LogP contribution in [0.5, 0.6) is 0 Å². The summed E-state index contributed by atoms with van der Waals surface area (Å²) in [5.41, 5.74) is 0. The van der Waals surface area contributed by atoms with Gasteiger partial charge in [0, 0.05) is 30.8 Å². The molecule has 0 unspecified atom stereocenters. The van der Waals surface area contributed by atoms with Gasteiger partial charge >= 0.3 is 0 Å². The van der Waals surface area contributed by atoms with E-state index in [1.54, 1.807) is 13.1 Å². The van der Waals surface area contributed by atoms with Gasteiger partial charge in [0.2, 0.25) is 0 Å². The fraction of sp³-hybridized carbons (Fsp3) is 0.583. The average Bonchev–Trinajstić information content (AvgIpc) is 2.75. The first-order valence-corrected chi connectivity index (χ1v) is 8.39. The van der Waals surface area contributed by atoms with Gasteiger partial charge in [-0.2, -0.15) is 4.31 Å². The van der Waals surface area contributed by atoms with E-state index >= 15 is 0 Å². The maximum atomic E-state index is 12.3. The van der Waals surface area contributed by atoms with Crippen molar-refractivity contribution >= 4 is 26.0 Å². The lowest BCUT2D eigenvalue weighted by molar-refractivity contribution is 0.356. The Morgan fingerprint density at radius 3 is 2.79 bits per heavy atom. The smallest absolute Gasteiger partial charge is 0.260 e. The standard InChI is InChI=1S/C12H18BrN3O2S/c1-15-6-5-10(8-15)9-16(2)19(17,18)12-4-3-11(13)7-14-12/h3-4,7,10H,5-6,8-9H2,1-2H3/t10-/m0/s1. The molecule has 1 saturated heterocycles. The van der Waals surface area contributed by atoms with Crippen LogP contribution >= 0.6 is 15.9 Å². The highest BCUT2D eigenvalue weighted by molar-refractivity contribution is 9.10. The molecule has 0 aromatic carbocycles. The molecule has 2 heterocycles. The SMILES string of the molecule is CN1CC[C@H](CN(C)S(=O)(=O)c2ccc(Br)cn2)C1. The number of nitrogens with zero attached hydrogens (tertiary/aromatic N) is 3. The molecular formula is C12H18BrN3O2S. The van der Waals surface area contributed by atoms with E-state index in [4.69, 9.17) is 0 Å². The number of rotatable bonds is 4. The Hall–Kier alpha value is -0.500. The van der Waals surface area contributed by atoms with Crippen molar-refractivity contribution in [1.82, 2.24) is 14.2 Å². The van der Waals surface area contributed by atoms with Crippen LogP contribution in [-0.4, -0.2) is 56.3 Å². The second-order valence-corrected chi connectivity index (χ2v) is 7.92. The highest BCUT2D eigenvalue weighted by Gasteiger charge is 2.27. The first kappa shape index (κ1) is 14.9. The molecule has 0 aliphatic carbocycles. The van der Waals surface area contributed by atoms with Crippen molar-refractivity contribution in [3.8, 4) is 0 Å². The molecule has 1 fully saturated rings. The van der Waals surface area contributed by atoms with Crippen molar-refractivity contribution in [2.24, 2.45) is 5.92 Å². The van der Waals surface area contributed by atoms with Crippen molar-refractivity contribution in [2.75, 3.05) is 33.7 Å². The first-order valence-electron chi connectivity index (χ1n) is 6.16. The monoisotopic (exact) mass is 347 g/mol. The van der Waals surface area contributed by atoms with E-state index in [1.807, 2.05) is 0 Å². The predicted molar refractivity (Wildman–Crippen MR) is 77.4 cm³/mol. The number of hydrogen-bond donors (Lipinski definition) is 0. The maximum absolute atomic E-state index is 12.3. The molecule has 1 aromatic heterocycles. The molecule has 0 N–H and O–H groups in total. The summed E-state index contributed by atoms with van der Waals surface area (Å²) in [6, 6.07) is 3.22. The van der Waals surface area contributed by atoms with Crippen LogP contribution in [-0.2, 0) is 10.0 Å². The van der Waals surface area contributed by atoms with Crippen LogP contribution in [0.4, 0.5) is 0 Å². The largest absolute Gasteiger partial charge is 0.306 e. The molecule has 5 nitrogen and oxygen atoms in total. The van der Waals surface area contributed by atoms with Crippen LogP contribution in [0.3, 0.4) is 0 Å². The molecule has 106 valence electrons. The zero-order valence-electron chi connectivity index (χ0n) is 11.1. The van der Waals surface area contributed by atoms with Crippen LogP contribution in [0.25, 0.3) is 0 Å². The molecule has 1 aliphatic rings. The molecule has 0 bridgehead atoms. The highest BCUT2D eigenvalue weighted by Crippen LogP contribution is 2.20. The van der Waals surface area contributed by atoms with Gasteiger partial charge in [-0.25, -0.2) is 13.4 Å². The zero-order chi connectivity index (χ0) is 14.0. The lowest BCUT2D eigenvalue weighted by Gasteiger charge is -2.20.